The minimum absolute atomic E-state index is 0.125. The molecule has 3 aromatic rings. The Morgan fingerprint density at radius 2 is 2.03 bits per heavy atom. The van der Waals surface area contributed by atoms with Crippen molar-refractivity contribution in [3.63, 3.8) is 0 Å². The average molecular weight is 608 g/mol. The van der Waals surface area contributed by atoms with Gasteiger partial charge in [0.1, 0.15) is 11.6 Å². The summed E-state index contributed by atoms with van der Waals surface area (Å²) in [5.41, 5.74) is 1.52. The van der Waals surface area contributed by atoms with Crippen LogP contribution in [0.3, 0.4) is 0 Å². The molecule has 0 spiro atoms. The molecule has 32 heavy (non-hydrogen) atoms. The number of rotatable bonds is 6. The predicted octanol–water partition coefficient (Wildman–Crippen LogP) is 6.87. The van der Waals surface area contributed by atoms with Gasteiger partial charge in [-0.3, -0.25) is 4.79 Å². The largest absolute Gasteiger partial charge is 0.490 e. The zero-order chi connectivity index (χ0) is 22.7. The summed E-state index contributed by atoms with van der Waals surface area (Å²) in [4.78, 5) is 18.3. The Balaban J connectivity index is 1.74. The molecule has 0 unspecified atom stereocenters. The van der Waals surface area contributed by atoms with Gasteiger partial charge in [-0.05, 0) is 90.7 Å². The molecule has 1 saturated carbocycles. The molecule has 1 heterocycles. The fourth-order valence-corrected chi connectivity index (χ4v) is 5.05. The van der Waals surface area contributed by atoms with E-state index < -0.39 is 0 Å². The van der Waals surface area contributed by atoms with Gasteiger partial charge in [0.25, 0.3) is 5.56 Å². The Morgan fingerprint density at radius 1 is 1.25 bits per heavy atom. The third kappa shape index (κ3) is 5.25. The van der Waals surface area contributed by atoms with Crippen LogP contribution < -0.4 is 10.3 Å². The maximum Gasteiger partial charge on any atom is 0.282 e. The van der Waals surface area contributed by atoms with E-state index in [1.807, 2.05) is 36.4 Å². The number of halogens is 2. The van der Waals surface area contributed by atoms with Crippen LogP contribution >= 0.6 is 38.5 Å². The number of nitrogens with zero attached hydrogens (tertiary/aromatic N) is 3. The van der Waals surface area contributed by atoms with Gasteiger partial charge in [0.05, 0.1) is 26.8 Å². The Labute approximate surface area is 210 Å². The van der Waals surface area contributed by atoms with Crippen molar-refractivity contribution in [2.24, 2.45) is 5.10 Å². The molecule has 0 saturated heterocycles. The summed E-state index contributed by atoms with van der Waals surface area (Å²) in [5.74, 6) is 1.90. The van der Waals surface area contributed by atoms with Crippen LogP contribution in [0.15, 0.2) is 50.8 Å². The average Bonchev–Trinajstić information content (AvgIpc) is 2.80. The number of hydrogen-bond donors (Lipinski definition) is 0. The highest BCUT2D eigenvalue weighted by molar-refractivity contribution is 14.1. The molecule has 0 N–H and O–H groups in total. The molecule has 2 aromatic carbocycles. The highest BCUT2D eigenvalue weighted by Gasteiger charge is 2.22. The third-order valence-corrected chi connectivity index (χ3v) is 7.32. The summed E-state index contributed by atoms with van der Waals surface area (Å²) in [6.45, 7) is 4.17. The molecule has 1 aliphatic rings. The standard InChI is InChI=1S/C25H27BrIN3O2/c1-3-16(2)32-23-12-9-17(13-21(23)27)15-28-30-24(18-7-5-4-6-8-18)29-22-11-10-19(26)14-20(22)25(30)31/h9-16,18H,3-8H2,1-2H3/t16-/m0/s1. The summed E-state index contributed by atoms with van der Waals surface area (Å²) in [5, 5.41) is 5.21. The predicted molar refractivity (Wildman–Crippen MR) is 142 cm³/mol. The molecule has 1 aromatic heterocycles. The summed E-state index contributed by atoms with van der Waals surface area (Å²) < 4.78 is 9.36. The molecule has 1 fully saturated rings. The number of fused-ring (bicyclic) bond motifs is 1. The maximum absolute atomic E-state index is 13.4. The monoisotopic (exact) mass is 607 g/mol. The first-order valence-corrected chi connectivity index (χ1v) is 13.1. The molecule has 0 bridgehead atoms. The zero-order valence-electron chi connectivity index (χ0n) is 18.4. The number of benzene rings is 2. The second kappa shape index (κ2) is 10.5. The van der Waals surface area contributed by atoms with Gasteiger partial charge in [0.2, 0.25) is 0 Å². The van der Waals surface area contributed by atoms with Crippen molar-refractivity contribution >= 4 is 55.6 Å². The van der Waals surface area contributed by atoms with Gasteiger partial charge in [0.15, 0.2) is 0 Å². The summed E-state index contributed by atoms with van der Waals surface area (Å²) in [6, 6.07) is 11.6. The Bertz CT molecular complexity index is 1200. The van der Waals surface area contributed by atoms with Gasteiger partial charge in [0, 0.05) is 10.4 Å². The smallest absolute Gasteiger partial charge is 0.282 e. The zero-order valence-corrected chi connectivity index (χ0v) is 22.1. The highest BCUT2D eigenvalue weighted by atomic mass is 127. The molecule has 168 valence electrons. The fourth-order valence-electron chi connectivity index (χ4n) is 4.02. The first kappa shape index (κ1) is 23.4. The second-order valence-corrected chi connectivity index (χ2v) is 10.4. The van der Waals surface area contributed by atoms with Crippen molar-refractivity contribution in [3.8, 4) is 5.75 Å². The minimum atomic E-state index is -0.125. The van der Waals surface area contributed by atoms with Crippen molar-refractivity contribution in [2.45, 2.75) is 64.4 Å². The topological polar surface area (TPSA) is 56.5 Å². The van der Waals surface area contributed by atoms with Crippen LogP contribution in [-0.4, -0.2) is 22.0 Å². The summed E-state index contributed by atoms with van der Waals surface area (Å²) in [6.07, 6.45) is 8.53. The summed E-state index contributed by atoms with van der Waals surface area (Å²) in [7, 11) is 0. The molecule has 0 amide bonds. The number of aromatic nitrogens is 2. The van der Waals surface area contributed by atoms with Crippen molar-refractivity contribution in [1.29, 1.82) is 0 Å². The second-order valence-electron chi connectivity index (χ2n) is 8.35. The van der Waals surface area contributed by atoms with Crippen molar-refractivity contribution < 1.29 is 4.74 Å². The van der Waals surface area contributed by atoms with Crippen LogP contribution in [0, 0.1) is 3.57 Å². The third-order valence-electron chi connectivity index (χ3n) is 5.98. The molecule has 1 aliphatic carbocycles. The molecule has 0 aliphatic heterocycles. The van der Waals surface area contributed by atoms with E-state index in [9.17, 15) is 4.79 Å². The Kier molecular flexibility index (Phi) is 7.66. The van der Waals surface area contributed by atoms with E-state index in [4.69, 9.17) is 9.72 Å². The maximum atomic E-state index is 13.4. The Hall–Kier alpha value is -1.74. The van der Waals surface area contributed by atoms with E-state index >= 15 is 0 Å². The van der Waals surface area contributed by atoms with Crippen molar-refractivity contribution in [2.75, 3.05) is 0 Å². The molecule has 0 radical (unpaired) electrons. The van der Waals surface area contributed by atoms with Crippen molar-refractivity contribution in [1.82, 2.24) is 9.66 Å². The lowest BCUT2D eigenvalue weighted by atomic mass is 9.88. The van der Waals surface area contributed by atoms with Crippen LogP contribution in [0.4, 0.5) is 0 Å². The van der Waals surface area contributed by atoms with Crippen LogP contribution in [-0.2, 0) is 0 Å². The van der Waals surface area contributed by atoms with Gasteiger partial charge in [-0.2, -0.15) is 9.78 Å². The fraction of sp³-hybridized carbons (Fsp3) is 0.400. The van der Waals surface area contributed by atoms with Gasteiger partial charge in [-0.1, -0.05) is 42.1 Å². The van der Waals surface area contributed by atoms with Crippen LogP contribution in [0.2, 0.25) is 0 Å². The van der Waals surface area contributed by atoms with Gasteiger partial charge >= 0.3 is 0 Å². The normalized spacial score (nSPS) is 16.0. The SMILES string of the molecule is CC[C@H](C)Oc1ccc(C=Nn2c(C3CCCCC3)nc3ccc(Br)cc3c2=O)cc1I. The first-order chi connectivity index (χ1) is 15.5. The molecular formula is C25H27BrIN3O2. The van der Waals surface area contributed by atoms with E-state index in [-0.39, 0.29) is 17.6 Å². The molecular weight excluding hydrogens is 581 g/mol. The lowest BCUT2D eigenvalue weighted by Gasteiger charge is -2.22. The molecule has 4 rings (SSSR count). The van der Waals surface area contributed by atoms with E-state index in [0.717, 1.165) is 50.0 Å². The molecule has 7 heteroatoms. The van der Waals surface area contributed by atoms with Crippen LogP contribution in [0.5, 0.6) is 5.75 Å². The van der Waals surface area contributed by atoms with Crippen molar-refractivity contribution in [3.05, 3.63) is 66.2 Å². The van der Waals surface area contributed by atoms with Crippen LogP contribution in [0.1, 0.15) is 69.7 Å². The van der Waals surface area contributed by atoms with E-state index in [2.05, 4.69) is 57.5 Å². The van der Waals surface area contributed by atoms with E-state index in [1.165, 1.54) is 23.9 Å². The molecule has 5 nitrogen and oxygen atoms in total. The first-order valence-electron chi connectivity index (χ1n) is 11.2. The number of hydrogen-bond acceptors (Lipinski definition) is 4. The lowest BCUT2D eigenvalue weighted by molar-refractivity contribution is 0.216. The quantitative estimate of drug-likeness (QED) is 0.227. The van der Waals surface area contributed by atoms with E-state index in [0.29, 0.717) is 5.39 Å². The number of ether oxygens (including phenoxy) is 1. The lowest BCUT2D eigenvalue weighted by Crippen LogP contribution is -2.25. The van der Waals surface area contributed by atoms with E-state index in [1.54, 1.807) is 6.21 Å². The minimum Gasteiger partial charge on any atom is -0.490 e. The highest BCUT2D eigenvalue weighted by Crippen LogP contribution is 2.32. The van der Waals surface area contributed by atoms with Crippen LogP contribution in [0.25, 0.3) is 10.9 Å². The van der Waals surface area contributed by atoms with Gasteiger partial charge < -0.3 is 4.74 Å². The molecule has 1 atom stereocenters. The summed E-state index contributed by atoms with van der Waals surface area (Å²) >= 11 is 5.75. The Morgan fingerprint density at radius 3 is 2.75 bits per heavy atom. The van der Waals surface area contributed by atoms with Gasteiger partial charge in [-0.25, -0.2) is 4.98 Å². The van der Waals surface area contributed by atoms with Gasteiger partial charge in [-0.15, -0.1) is 0 Å².